The van der Waals surface area contributed by atoms with E-state index in [1.165, 1.54) is 18.9 Å². The Morgan fingerprint density at radius 2 is 1.90 bits per heavy atom. The van der Waals surface area contributed by atoms with Crippen LogP contribution >= 0.6 is 0 Å². The molecule has 0 saturated heterocycles. The fourth-order valence-electron chi connectivity index (χ4n) is 2.63. The first-order chi connectivity index (χ1) is 9.46. The smallest absolute Gasteiger partial charge is 0.335 e. The van der Waals surface area contributed by atoms with Crippen molar-refractivity contribution in [3.63, 3.8) is 0 Å². The molecule has 2 N–H and O–H groups in total. The summed E-state index contributed by atoms with van der Waals surface area (Å²) in [7, 11) is 0. The van der Waals surface area contributed by atoms with Crippen molar-refractivity contribution in [2.24, 2.45) is 5.41 Å². The number of carboxylic acid groups (broad SMARTS) is 1. The van der Waals surface area contributed by atoms with Crippen LogP contribution in [-0.2, 0) is 0 Å². The van der Waals surface area contributed by atoms with Gasteiger partial charge < -0.3 is 10.4 Å². The Kier molecular flexibility index (Phi) is 4.12. The maximum absolute atomic E-state index is 12.1. The molecule has 0 spiro atoms. The normalized spacial score (nSPS) is 15.7. The molecule has 4 nitrogen and oxygen atoms in total. The van der Waals surface area contributed by atoms with Gasteiger partial charge in [-0.1, -0.05) is 13.3 Å². The SMILES string of the molecule is CCCC1(CNC(=O)c2cc(C)cc(C(=O)O)c2)CC1. The highest BCUT2D eigenvalue weighted by Crippen LogP contribution is 2.48. The quantitative estimate of drug-likeness (QED) is 0.838. The molecule has 0 aromatic heterocycles. The number of carbonyl (C=O) groups excluding carboxylic acids is 1. The van der Waals surface area contributed by atoms with Crippen LogP contribution in [0.1, 0.15) is 58.9 Å². The number of carboxylic acids is 1. The third-order valence-electron chi connectivity index (χ3n) is 3.95. The van der Waals surface area contributed by atoms with E-state index in [-0.39, 0.29) is 11.5 Å². The molecule has 0 aliphatic heterocycles. The highest BCUT2D eigenvalue weighted by molar-refractivity contribution is 5.97. The highest BCUT2D eigenvalue weighted by Gasteiger charge is 2.41. The molecule has 0 unspecified atom stereocenters. The zero-order chi connectivity index (χ0) is 14.8. The summed E-state index contributed by atoms with van der Waals surface area (Å²) in [6.07, 6.45) is 4.62. The first-order valence-electron chi connectivity index (χ1n) is 7.09. The van der Waals surface area contributed by atoms with Crippen molar-refractivity contribution in [3.05, 3.63) is 34.9 Å². The number of hydrogen-bond acceptors (Lipinski definition) is 2. The minimum atomic E-state index is -1.01. The minimum Gasteiger partial charge on any atom is -0.478 e. The van der Waals surface area contributed by atoms with Crippen LogP contribution in [0.2, 0.25) is 0 Å². The molecule has 20 heavy (non-hydrogen) atoms. The lowest BCUT2D eigenvalue weighted by Crippen LogP contribution is -2.30. The second-order valence-electron chi connectivity index (χ2n) is 5.83. The van der Waals surface area contributed by atoms with E-state index in [0.29, 0.717) is 17.5 Å². The standard InChI is InChI=1S/C16H21NO3/c1-3-4-16(5-6-16)10-17-14(18)12-7-11(2)8-13(9-12)15(19)20/h7-9H,3-6,10H2,1-2H3,(H,17,18)(H,19,20). The average Bonchev–Trinajstić information content (AvgIpc) is 3.16. The molecule has 1 aromatic rings. The van der Waals surface area contributed by atoms with E-state index in [0.717, 1.165) is 18.4 Å². The van der Waals surface area contributed by atoms with Crippen LogP contribution in [0.15, 0.2) is 18.2 Å². The van der Waals surface area contributed by atoms with Crippen LogP contribution in [0.4, 0.5) is 0 Å². The van der Waals surface area contributed by atoms with Crippen LogP contribution in [0, 0.1) is 12.3 Å². The zero-order valence-corrected chi connectivity index (χ0v) is 12.0. The molecule has 0 bridgehead atoms. The van der Waals surface area contributed by atoms with E-state index in [2.05, 4.69) is 12.2 Å². The van der Waals surface area contributed by atoms with Gasteiger partial charge in [0.05, 0.1) is 5.56 Å². The predicted molar refractivity (Wildman–Crippen MR) is 77.0 cm³/mol. The lowest BCUT2D eigenvalue weighted by Gasteiger charge is -2.15. The van der Waals surface area contributed by atoms with Gasteiger partial charge in [-0.25, -0.2) is 4.79 Å². The van der Waals surface area contributed by atoms with Crippen molar-refractivity contribution in [2.45, 2.75) is 39.5 Å². The van der Waals surface area contributed by atoms with Crippen LogP contribution in [-0.4, -0.2) is 23.5 Å². The molecular formula is C16H21NO3. The summed E-state index contributed by atoms with van der Waals surface area (Å²) >= 11 is 0. The van der Waals surface area contributed by atoms with E-state index in [1.54, 1.807) is 19.1 Å². The number of nitrogens with one attached hydrogen (secondary N) is 1. The molecular weight excluding hydrogens is 254 g/mol. The number of aryl methyl sites for hydroxylation is 1. The van der Waals surface area contributed by atoms with Gasteiger partial charge in [-0.2, -0.15) is 0 Å². The summed E-state index contributed by atoms with van der Waals surface area (Å²) in [5.74, 6) is -1.19. The van der Waals surface area contributed by atoms with Crippen molar-refractivity contribution in [3.8, 4) is 0 Å². The number of amides is 1. The van der Waals surface area contributed by atoms with Crippen molar-refractivity contribution in [1.29, 1.82) is 0 Å². The zero-order valence-electron chi connectivity index (χ0n) is 12.0. The fourth-order valence-corrected chi connectivity index (χ4v) is 2.63. The summed E-state index contributed by atoms with van der Waals surface area (Å²) in [4.78, 5) is 23.2. The number of benzene rings is 1. The molecule has 0 radical (unpaired) electrons. The molecule has 1 amide bonds. The molecule has 1 aliphatic carbocycles. The second-order valence-corrected chi connectivity index (χ2v) is 5.83. The minimum absolute atomic E-state index is 0.157. The molecule has 1 saturated carbocycles. The van der Waals surface area contributed by atoms with Crippen molar-refractivity contribution in [2.75, 3.05) is 6.54 Å². The monoisotopic (exact) mass is 275 g/mol. The van der Waals surface area contributed by atoms with Crippen LogP contribution in [0.3, 0.4) is 0 Å². The van der Waals surface area contributed by atoms with E-state index < -0.39 is 5.97 Å². The Bertz CT molecular complexity index is 533. The van der Waals surface area contributed by atoms with Crippen LogP contribution in [0.5, 0.6) is 0 Å². The van der Waals surface area contributed by atoms with E-state index >= 15 is 0 Å². The van der Waals surface area contributed by atoms with Crippen LogP contribution < -0.4 is 5.32 Å². The Morgan fingerprint density at radius 1 is 1.25 bits per heavy atom. The van der Waals surface area contributed by atoms with Crippen molar-refractivity contribution in [1.82, 2.24) is 5.32 Å². The van der Waals surface area contributed by atoms with E-state index in [9.17, 15) is 9.59 Å². The Balaban J connectivity index is 2.04. The lowest BCUT2D eigenvalue weighted by atomic mass is 10.0. The van der Waals surface area contributed by atoms with E-state index in [4.69, 9.17) is 5.11 Å². The van der Waals surface area contributed by atoms with Gasteiger partial charge in [0.2, 0.25) is 0 Å². The molecule has 0 heterocycles. The molecule has 108 valence electrons. The molecule has 0 atom stereocenters. The summed E-state index contributed by atoms with van der Waals surface area (Å²) in [6, 6.07) is 4.73. The molecule has 1 aromatic carbocycles. The molecule has 4 heteroatoms. The summed E-state index contributed by atoms with van der Waals surface area (Å²) in [5.41, 5.74) is 1.66. The van der Waals surface area contributed by atoms with Gasteiger partial charge >= 0.3 is 5.97 Å². The number of aromatic carboxylic acids is 1. The van der Waals surface area contributed by atoms with Gasteiger partial charge in [-0.15, -0.1) is 0 Å². The molecule has 1 aliphatic rings. The highest BCUT2D eigenvalue weighted by atomic mass is 16.4. The first-order valence-corrected chi connectivity index (χ1v) is 7.09. The lowest BCUT2D eigenvalue weighted by molar-refractivity contribution is 0.0696. The van der Waals surface area contributed by atoms with Gasteiger partial charge in [-0.05, 0) is 55.4 Å². The number of rotatable bonds is 6. The largest absolute Gasteiger partial charge is 0.478 e. The Morgan fingerprint density at radius 3 is 2.45 bits per heavy atom. The third kappa shape index (κ3) is 3.38. The Hall–Kier alpha value is -1.84. The van der Waals surface area contributed by atoms with Crippen LogP contribution in [0.25, 0.3) is 0 Å². The van der Waals surface area contributed by atoms with Gasteiger partial charge in [-0.3, -0.25) is 4.79 Å². The molecule has 2 rings (SSSR count). The van der Waals surface area contributed by atoms with Gasteiger partial charge in [0.25, 0.3) is 5.91 Å². The van der Waals surface area contributed by atoms with Gasteiger partial charge in [0.15, 0.2) is 0 Å². The van der Waals surface area contributed by atoms with Crippen molar-refractivity contribution >= 4 is 11.9 Å². The maximum Gasteiger partial charge on any atom is 0.335 e. The number of hydrogen-bond donors (Lipinski definition) is 2. The summed E-state index contributed by atoms with van der Waals surface area (Å²) in [6.45, 7) is 4.64. The fraction of sp³-hybridized carbons (Fsp3) is 0.500. The summed E-state index contributed by atoms with van der Waals surface area (Å²) < 4.78 is 0. The average molecular weight is 275 g/mol. The predicted octanol–water partition coefficient (Wildman–Crippen LogP) is 3.00. The van der Waals surface area contributed by atoms with Crippen molar-refractivity contribution < 1.29 is 14.7 Å². The topological polar surface area (TPSA) is 66.4 Å². The van der Waals surface area contributed by atoms with E-state index in [1.807, 2.05) is 0 Å². The van der Waals surface area contributed by atoms with Gasteiger partial charge in [0, 0.05) is 12.1 Å². The van der Waals surface area contributed by atoms with Gasteiger partial charge in [0.1, 0.15) is 0 Å². The summed E-state index contributed by atoms with van der Waals surface area (Å²) in [5, 5.41) is 12.0. The Labute approximate surface area is 119 Å². The second kappa shape index (κ2) is 5.65. The molecule has 1 fully saturated rings. The third-order valence-corrected chi connectivity index (χ3v) is 3.95. The maximum atomic E-state index is 12.1. The number of carbonyl (C=O) groups is 2. The first kappa shape index (κ1) is 14.6.